The van der Waals surface area contributed by atoms with Crippen LogP contribution >= 0.6 is 0 Å². The van der Waals surface area contributed by atoms with Crippen molar-refractivity contribution in [3.8, 4) is 0 Å². The Kier molecular flexibility index (Phi) is 3.98. The van der Waals surface area contributed by atoms with Crippen LogP contribution in [0.15, 0.2) is 48.8 Å². The number of aromatic nitrogens is 1. The number of benzene rings is 1. The quantitative estimate of drug-likeness (QED) is 0.807. The highest BCUT2D eigenvalue weighted by atomic mass is 15.1. The SMILES string of the molecule is CC(C)c1cccc(N(C)Cc2ccncc2)c1. The minimum atomic E-state index is 0.569. The highest BCUT2D eigenvalue weighted by Gasteiger charge is 2.04. The molecule has 1 aromatic carbocycles. The van der Waals surface area contributed by atoms with Crippen molar-refractivity contribution in [2.75, 3.05) is 11.9 Å². The first-order chi connectivity index (χ1) is 8.66. The summed E-state index contributed by atoms with van der Waals surface area (Å²) in [5.41, 5.74) is 3.93. The average Bonchev–Trinajstić information content (AvgIpc) is 2.40. The van der Waals surface area contributed by atoms with Gasteiger partial charge in [-0.3, -0.25) is 4.98 Å². The van der Waals surface area contributed by atoms with E-state index in [0.717, 1.165) is 6.54 Å². The van der Waals surface area contributed by atoms with Crippen LogP contribution in [0.4, 0.5) is 5.69 Å². The normalized spacial score (nSPS) is 10.7. The van der Waals surface area contributed by atoms with Gasteiger partial charge in [-0.05, 0) is 41.3 Å². The molecule has 1 heterocycles. The Hall–Kier alpha value is -1.83. The minimum Gasteiger partial charge on any atom is -0.370 e. The molecule has 0 N–H and O–H groups in total. The molecule has 1 aromatic heterocycles. The number of hydrogen-bond donors (Lipinski definition) is 0. The van der Waals surface area contributed by atoms with E-state index in [1.54, 1.807) is 0 Å². The Labute approximate surface area is 109 Å². The summed E-state index contributed by atoms with van der Waals surface area (Å²) in [4.78, 5) is 6.31. The van der Waals surface area contributed by atoms with Gasteiger partial charge in [-0.15, -0.1) is 0 Å². The molecule has 2 heteroatoms. The number of rotatable bonds is 4. The first kappa shape index (κ1) is 12.6. The van der Waals surface area contributed by atoms with E-state index in [4.69, 9.17) is 0 Å². The summed E-state index contributed by atoms with van der Waals surface area (Å²) < 4.78 is 0. The van der Waals surface area contributed by atoms with Gasteiger partial charge in [0.2, 0.25) is 0 Å². The van der Waals surface area contributed by atoms with Crippen molar-refractivity contribution in [2.24, 2.45) is 0 Å². The molecule has 94 valence electrons. The summed E-state index contributed by atoms with van der Waals surface area (Å²) in [5, 5.41) is 0. The largest absolute Gasteiger partial charge is 0.370 e. The van der Waals surface area contributed by atoms with E-state index in [2.05, 4.69) is 67.2 Å². The number of nitrogens with zero attached hydrogens (tertiary/aromatic N) is 2. The Morgan fingerprint density at radius 2 is 1.83 bits per heavy atom. The molecule has 0 amide bonds. The molecule has 18 heavy (non-hydrogen) atoms. The molecule has 0 spiro atoms. The Morgan fingerprint density at radius 1 is 1.11 bits per heavy atom. The molecule has 2 nitrogen and oxygen atoms in total. The van der Waals surface area contributed by atoms with Gasteiger partial charge in [-0.25, -0.2) is 0 Å². The van der Waals surface area contributed by atoms with Gasteiger partial charge in [0, 0.05) is 31.7 Å². The summed E-state index contributed by atoms with van der Waals surface area (Å²) in [5.74, 6) is 0.569. The average molecular weight is 240 g/mol. The third-order valence-corrected chi connectivity index (χ3v) is 3.15. The van der Waals surface area contributed by atoms with Crippen molar-refractivity contribution in [3.63, 3.8) is 0 Å². The number of hydrogen-bond acceptors (Lipinski definition) is 2. The molecule has 0 saturated carbocycles. The van der Waals surface area contributed by atoms with Crippen molar-refractivity contribution >= 4 is 5.69 Å². The fourth-order valence-corrected chi connectivity index (χ4v) is 1.97. The van der Waals surface area contributed by atoms with Crippen LogP contribution in [0.5, 0.6) is 0 Å². The molecule has 0 unspecified atom stereocenters. The van der Waals surface area contributed by atoms with E-state index < -0.39 is 0 Å². The predicted molar refractivity (Wildman–Crippen MR) is 76.9 cm³/mol. The highest BCUT2D eigenvalue weighted by molar-refractivity contribution is 5.49. The summed E-state index contributed by atoms with van der Waals surface area (Å²) in [6.07, 6.45) is 3.68. The van der Waals surface area contributed by atoms with E-state index in [1.165, 1.54) is 16.8 Å². The molecular formula is C16H20N2. The molecule has 0 aliphatic carbocycles. The van der Waals surface area contributed by atoms with Crippen LogP contribution in [0.1, 0.15) is 30.9 Å². The number of anilines is 1. The maximum Gasteiger partial charge on any atom is 0.0427 e. The van der Waals surface area contributed by atoms with Gasteiger partial charge in [0.05, 0.1) is 0 Å². The van der Waals surface area contributed by atoms with Crippen molar-refractivity contribution in [2.45, 2.75) is 26.3 Å². The molecule has 0 saturated heterocycles. The van der Waals surface area contributed by atoms with Crippen LogP contribution in [0.25, 0.3) is 0 Å². The predicted octanol–water partition coefficient (Wildman–Crippen LogP) is 3.84. The summed E-state index contributed by atoms with van der Waals surface area (Å²) in [6.45, 7) is 5.36. The van der Waals surface area contributed by atoms with Gasteiger partial charge in [-0.2, -0.15) is 0 Å². The first-order valence-corrected chi connectivity index (χ1v) is 6.37. The molecule has 0 atom stereocenters. The van der Waals surface area contributed by atoms with Crippen molar-refractivity contribution in [1.29, 1.82) is 0 Å². The Balaban J connectivity index is 2.14. The lowest BCUT2D eigenvalue weighted by Gasteiger charge is -2.20. The van der Waals surface area contributed by atoms with Crippen LogP contribution in [0.2, 0.25) is 0 Å². The van der Waals surface area contributed by atoms with E-state index in [9.17, 15) is 0 Å². The third kappa shape index (κ3) is 3.10. The molecule has 2 rings (SSSR count). The molecule has 2 aromatic rings. The lowest BCUT2D eigenvalue weighted by atomic mass is 10.0. The topological polar surface area (TPSA) is 16.1 Å². The Morgan fingerprint density at radius 3 is 2.50 bits per heavy atom. The van der Waals surface area contributed by atoms with Crippen molar-refractivity contribution < 1.29 is 0 Å². The summed E-state index contributed by atoms with van der Waals surface area (Å²) in [7, 11) is 2.12. The van der Waals surface area contributed by atoms with E-state index in [-0.39, 0.29) is 0 Å². The Bertz CT molecular complexity index is 491. The number of pyridine rings is 1. The van der Waals surface area contributed by atoms with E-state index >= 15 is 0 Å². The van der Waals surface area contributed by atoms with Crippen LogP contribution in [0.3, 0.4) is 0 Å². The fraction of sp³-hybridized carbons (Fsp3) is 0.312. The smallest absolute Gasteiger partial charge is 0.0427 e. The monoisotopic (exact) mass is 240 g/mol. The van der Waals surface area contributed by atoms with Crippen LogP contribution in [-0.4, -0.2) is 12.0 Å². The van der Waals surface area contributed by atoms with Gasteiger partial charge in [0.25, 0.3) is 0 Å². The molecular weight excluding hydrogens is 220 g/mol. The van der Waals surface area contributed by atoms with Crippen LogP contribution in [-0.2, 0) is 6.54 Å². The maximum absolute atomic E-state index is 4.04. The second-order valence-corrected chi connectivity index (χ2v) is 4.96. The van der Waals surface area contributed by atoms with Crippen LogP contribution in [0, 0.1) is 0 Å². The third-order valence-electron chi connectivity index (χ3n) is 3.15. The lowest BCUT2D eigenvalue weighted by Crippen LogP contribution is -2.16. The molecule has 0 radical (unpaired) electrons. The zero-order valence-electron chi connectivity index (χ0n) is 11.3. The van der Waals surface area contributed by atoms with Gasteiger partial charge >= 0.3 is 0 Å². The van der Waals surface area contributed by atoms with E-state index in [1.807, 2.05) is 12.4 Å². The van der Waals surface area contributed by atoms with Crippen molar-refractivity contribution in [3.05, 3.63) is 59.9 Å². The van der Waals surface area contributed by atoms with Crippen molar-refractivity contribution in [1.82, 2.24) is 4.98 Å². The zero-order chi connectivity index (χ0) is 13.0. The minimum absolute atomic E-state index is 0.569. The maximum atomic E-state index is 4.04. The lowest BCUT2D eigenvalue weighted by molar-refractivity contribution is 0.859. The highest BCUT2D eigenvalue weighted by Crippen LogP contribution is 2.21. The van der Waals surface area contributed by atoms with Crippen LogP contribution < -0.4 is 4.90 Å². The van der Waals surface area contributed by atoms with Gasteiger partial charge in [0.1, 0.15) is 0 Å². The second kappa shape index (κ2) is 5.67. The molecule has 0 aliphatic heterocycles. The molecule has 0 aliphatic rings. The van der Waals surface area contributed by atoms with Gasteiger partial charge < -0.3 is 4.90 Å². The van der Waals surface area contributed by atoms with Gasteiger partial charge in [0.15, 0.2) is 0 Å². The zero-order valence-corrected chi connectivity index (χ0v) is 11.3. The summed E-state index contributed by atoms with van der Waals surface area (Å²) >= 11 is 0. The molecule has 0 fully saturated rings. The van der Waals surface area contributed by atoms with E-state index in [0.29, 0.717) is 5.92 Å². The second-order valence-electron chi connectivity index (χ2n) is 4.96. The van der Waals surface area contributed by atoms with Gasteiger partial charge in [-0.1, -0.05) is 26.0 Å². The summed E-state index contributed by atoms with van der Waals surface area (Å²) in [6, 6.07) is 12.9. The molecule has 0 bridgehead atoms. The first-order valence-electron chi connectivity index (χ1n) is 6.37. The fourth-order valence-electron chi connectivity index (χ4n) is 1.97. The standard InChI is InChI=1S/C16H20N2/c1-13(2)15-5-4-6-16(11-15)18(3)12-14-7-9-17-10-8-14/h4-11,13H,12H2,1-3H3.